The minimum absolute atomic E-state index is 0.00302. The number of nitrogens with zero attached hydrogens (tertiary/aromatic N) is 3. The van der Waals surface area contributed by atoms with E-state index in [9.17, 15) is 14.9 Å². The van der Waals surface area contributed by atoms with E-state index in [-0.39, 0.29) is 11.6 Å². The summed E-state index contributed by atoms with van der Waals surface area (Å²) in [6, 6.07) is 19.9. The Labute approximate surface area is 184 Å². The lowest BCUT2D eigenvalue weighted by atomic mass is 10.1. The molecule has 1 amide bonds. The van der Waals surface area contributed by atoms with Gasteiger partial charge in [-0.1, -0.05) is 52.3 Å². The summed E-state index contributed by atoms with van der Waals surface area (Å²) in [6.45, 7) is 0. The fourth-order valence-electron chi connectivity index (χ4n) is 2.99. The maximum atomic E-state index is 12.3. The molecule has 0 aliphatic heterocycles. The quantitative estimate of drug-likeness (QED) is 0.268. The minimum atomic E-state index is -0.610. The SMILES string of the molecule is O=C(NNc1ncnc(Nc2cccc3ccccc23)c1[N+](=O)[O-])c1ccc(Br)cc1. The predicted octanol–water partition coefficient (Wildman–Crippen LogP) is 4.80. The number of aromatic nitrogens is 2. The number of hydrazine groups is 1. The van der Waals surface area contributed by atoms with Gasteiger partial charge in [-0.2, -0.15) is 0 Å². The average molecular weight is 479 g/mol. The summed E-state index contributed by atoms with van der Waals surface area (Å²) >= 11 is 3.30. The molecule has 0 saturated heterocycles. The van der Waals surface area contributed by atoms with Gasteiger partial charge in [0.05, 0.1) is 4.92 Å². The van der Waals surface area contributed by atoms with Crippen molar-refractivity contribution in [1.29, 1.82) is 0 Å². The molecule has 1 heterocycles. The van der Waals surface area contributed by atoms with Crippen molar-refractivity contribution in [2.45, 2.75) is 0 Å². The molecule has 0 bridgehead atoms. The first-order chi connectivity index (χ1) is 15.0. The van der Waals surface area contributed by atoms with Gasteiger partial charge in [0.2, 0.25) is 11.6 Å². The van der Waals surface area contributed by atoms with Gasteiger partial charge in [0.15, 0.2) is 0 Å². The lowest BCUT2D eigenvalue weighted by Gasteiger charge is -2.12. The minimum Gasteiger partial charge on any atom is -0.334 e. The molecule has 0 fully saturated rings. The second kappa shape index (κ2) is 8.76. The normalized spacial score (nSPS) is 10.5. The van der Waals surface area contributed by atoms with E-state index in [1.807, 2.05) is 36.4 Å². The Bertz CT molecular complexity index is 1270. The topological polar surface area (TPSA) is 122 Å². The predicted molar refractivity (Wildman–Crippen MR) is 121 cm³/mol. The first kappa shape index (κ1) is 20.2. The van der Waals surface area contributed by atoms with Crippen LogP contribution in [-0.2, 0) is 0 Å². The van der Waals surface area contributed by atoms with Crippen molar-refractivity contribution in [3.8, 4) is 0 Å². The van der Waals surface area contributed by atoms with Crippen LogP contribution in [0.4, 0.5) is 23.0 Å². The molecule has 0 radical (unpaired) electrons. The molecule has 1 aromatic heterocycles. The molecule has 0 saturated carbocycles. The molecule has 0 atom stereocenters. The third kappa shape index (κ3) is 4.43. The van der Waals surface area contributed by atoms with Crippen molar-refractivity contribution in [3.63, 3.8) is 0 Å². The maximum Gasteiger partial charge on any atom is 0.355 e. The molecule has 3 aromatic carbocycles. The fourth-order valence-corrected chi connectivity index (χ4v) is 3.25. The average Bonchev–Trinajstić information content (AvgIpc) is 2.78. The van der Waals surface area contributed by atoms with E-state index in [0.29, 0.717) is 11.3 Å². The highest BCUT2D eigenvalue weighted by Crippen LogP contribution is 2.33. The van der Waals surface area contributed by atoms with Crippen LogP contribution in [0.15, 0.2) is 77.5 Å². The summed E-state index contributed by atoms with van der Waals surface area (Å²) in [4.78, 5) is 31.4. The Kier molecular flexibility index (Phi) is 5.72. The number of anilines is 3. The molecule has 31 heavy (non-hydrogen) atoms. The Morgan fingerprint density at radius 1 is 0.935 bits per heavy atom. The summed E-state index contributed by atoms with van der Waals surface area (Å²) in [5.41, 5.74) is 5.59. The van der Waals surface area contributed by atoms with Crippen LogP contribution in [0.2, 0.25) is 0 Å². The molecule has 4 rings (SSSR count). The van der Waals surface area contributed by atoms with Crippen molar-refractivity contribution in [3.05, 3.63) is 93.2 Å². The van der Waals surface area contributed by atoms with E-state index in [4.69, 9.17) is 0 Å². The number of amides is 1. The summed E-state index contributed by atoms with van der Waals surface area (Å²) in [5, 5.41) is 16.6. The van der Waals surface area contributed by atoms with E-state index in [1.54, 1.807) is 30.3 Å². The zero-order valence-electron chi connectivity index (χ0n) is 15.9. The van der Waals surface area contributed by atoms with Crippen molar-refractivity contribution in [1.82, 2.24) is 15.4 Å². The molecule has 3 N–H and O–H groups in total. The van der Waals surface area contributed by atoms with E-state index in [2.05, 4.69) is 42.1 Å². The third-order valence-electron chi connectivity index (χ3n) is 4.45. The van der Waals surface area contributed by atoms with Gasteiger partial charge in [-0.05, 0) is 35.7 Å². The maximum absolute atomic E-state index is 12.3. The highest BCUT2D eigenvalue weighted by molar-refractivity contribution is 9.10. The summed E-state index contributed by atoms with van der Waals surface area (Å²) in [5.74, 6) is -0.617. The number of halogens is 1. The molecular formula is C21H15BrN6O3. The Morgan fingerprint density at radius 2 is 1.65 bits per heavy atom. The van der Waals surface area contributed by atoms with Gasteiger partial charge >= 0.3 is 5.69 Å². The summed E-state index contributed by atoms with van der Waals surface area (Å²) < 4.78 is 0.826. The number of carbonyl (C=O) groups is 1. The lowest BCUT2D eigenvalue weighted by molar-refractivity contribution is -0.383. The number of nitrogens with one attached hydrogen (secondary N) is 3. The second-order valence-corrected chi connectivity index (χ2v) is 7.33. The van der Waals surface area contributed by atoms with Gasteiger partial charge < -0.3 is 5.32 Å². The first-order valence-electron chi connectivity index (χ1n) is 9.09. The molecule has 4 aromatic rings. The number of benzene rings is 3. The highest BCUT2D eigenvalue weighted by atomic mass is 79.9. The molecular weight excluding hydrogens is 464 g/mol. The molecule has 0 aliphatic rings. The fraction of sp³-hybridized carbons (Fsp3) is 0. The van der Waals surface area contributed by atoms with Gasteiger partial charge in [0.1, 0.15) is 6.33 Å². The largest absolute Gasteiger partial charge is 0.355 e. The van der Waals surface area contributed by atoms with Crippen molar-refractivity contribution >= 4 is 55.6 Å². The number of fused-ring (bicyclic) bond motifs is 1. The van der Waals surface area contributed by atoms with Crippen LogP contribution in [0, 0.1) is 10.1 Å². The van der Waals surface area contributed by atoms with Crippen LogP contribution in [0.1, 0.15) is 10.4 Å². The lowest BCUT2D eigenvalue weighted by Crippen LogP contribution is -2.30. The molecule has 154 valence electrons. The number of hydrogen-bond acceptors (Lipinski definition) is 7. The molecule has 0 spiro atoms. The van der Waals surface area contributed by atoms with E-state index in [0.717, 1.165) is 15.2 Å². The third-order valence-corrected chi connectivity index (χ3v) is 4.98. The summed E-state index contributed by atoms with van der Waals surface area (Å²) in [6.07, 6.45) is 1.18. The molecule has 0 unspecified atom stereocenters. The van der Waals surface area contributed by atoms with E-state index >= 15 is 0 Å². The zero-order chi connectivity index (χ0) is 21.8. The van der Waals surface area contributed by atoms with Crippen molar-refractivity contribution < 1.29 is 9.72 Å². The molecule has 0 aliphatic carbocycles. The van der Waals surface area contributed by atoms with E-state index < -0.39 is 16.5 Å². The number of hydrogen-bond donors (Lipinski definition) is 3. The first-order valence-corrected chi connectivity index (χ1v) is 9.88. The summed E-state index contributed by atoms with van der Waals surface area (Å²) in [7, 11) is 0. The molecule has 9 nitrogen and oxygen atoms in total. The van der Waals surface area contributed by atoms with Gasteiger partial charge in [-0.15, -0.1) is 0 Å². The van der Waals surface area contributed by atoms with Crippen LogP contribution in [0.3, 0.4) is 0 Å². The Balaban J connectivity index is 1.61. The number of rotatable bonds is 6. The Hall–Kier alpha value is -4.05. The van der Waals surface area contributed by atoms with Crippen LogP contribution in [0.5, 0.6) is 0 Å². The molecule has 10 heteroatoms. The van der Waals surface area contributed by atoms with Crippen molar-refractivity contribution in [2.24, 2.45) is 0 Å². The van der Waals surface area contributed by atoms with E-state index in [1.165, 1.54) is 6.33 Å². The van der Waals surface area contributed by atoms with Gasteiger partial charge in [0.25, 0.3) is 5.91 Å². The van der Waals surface area contributed by atoms with Gasteiger partial charge in [0, 0.05) is 21.1 Å². The monoisotopic (exact) mass is 478 g/mol. The number of nitro groups is 1. The highest BCUT2D eigenvalue weighted by Gasteiger charge is 2.24. The van der Waals surface area contributed by atoms with Crippen molar-refractivity contribution in [2.75, 3.05) is 10.7 Å². The zero-order valence-corrected chi connectivity index (χ0v) is 17.5. The number of carbonyl (C=O) groups excluding carboxylic acids is 1. The van der Waals surface area contributed by atoms with Crippen LogP contribution < -0.4 is 16.2 Å². The van der Waals surface area contributed by atoms with Gasteiger partial charge in [-0.25, -0.2) is 9.97 Å². The van der Waals surface area contributed by atoms with Crippen LogP contribution in [0.25, 0.3) is 10.8 Å². The van der Waals surface area contributed by atoms with Crippen LogP contribution in [-0.4, -0.2) is 20.8 Å². The standard InChI is InChI=1S/C21H15BrN6O3/c22-15-10-8-14(9-11-15)21(29)27-26-20-18(28(30)31)19(23-12-24-20)25-17-7-3-5-13-4-1-2-6-16(13)17/h1-12H,(H,27,29)(H2,23,24,25,26). The Morgan fingerprint density at radius 3 is 2.42 bits per heavy atom. The van der Waals surface area contributed by atoms with Crippen LogP contribution >= 0.6 is 15.9 Å². The second-order valence-electron chi connectivity index (χ2n) is 6.41. The smallest absolute Gasteiger partial charge is 0.334 e. The van der Waals surface area contributed by atoms with Gasteiger partial charge in [-0.3, -0.25) is 25.8 Å².